The Morgan fingerprint density at radius 2 is 1.84 bits per heavy atom. The number of ether oxygens (including phenoxy) is 1. The van der Waals surface area contributed by atoms with E-state index in [0.29, 0.717) is 17.5 Å². The molecule has 0 unspecified atom stereocenters. The number of halogens is 1. The van der Waals surface area contributed by atoms with Crippen molar-refractivity contribution in [2.75, 3.05) is 7.11 Å². The van der Waals surface area contributed by atoms with E-state index >= 15 is 0 Å². The number of aromatic nitrogens is 4. The number of hydrogen-bond donors (Lipinski definition) is 1. The molecule has 2 N–H and O–H groups in total. The van der Waals surface area contributed by atoms with E-state index < -0.39 is 5.54 Å². The molecule has 132 valence electrons. The third kappa shape index (κ3) is 3.22. The van der Waals surface area contributed by atoms with Crippen LogP contribution in [0.3, 0.4) is 0 Å². The number of methoxy groups -OCH3 is 1. The standard InChI is InChI=1S/C16H17N5O3.ClH/c1-22-11-6-4-5-10(9-11)13-18-12(20-23-13)14-19-15(21-24-14)16(17)7-2-3-8-16;/h4-6,9H,2-3,7-8,17H2,1H3;1H. The highest BCUT2D eigenvalue weighted by Gasteiger charge is 2.36. The maximum Gasteiger partial charge on any atom is 0.299 e. The summed E-state index contributed by atoms with van der Waals surface area (Å²) in [6.45, 7) is 0. The maximum atomic E-state index is 6.34. The lowest BCUT2D eigenvalue weighted by atomic mass is 9.99. The summed E-state index contributed by atoms with van der Waals surface area (Å²) in [6.07, 6.45) is 3.85. The minimum absolute atomic E-state index is 0. The first-order valence-corrected chi connectivity index (χ1v) is 7.79. The van der Waals surface area contributed by atoms with Crippen LogP contribution in [0.2, 0.25) is 0 Å². The maximum absolute atomic E-state index is 6.34. The summed E-state index contributed by atoms with van der Waals surface area (Å²) >= 11 is 0. The summed E-state index contributed by atoms with van der Waals surface area (Å²) in [5.41, 5.74) is 6.57. The lowest BCUT2D eigenvalue weighted by molar-refractivity contribution is 0.370. The zero-order valence-electron chi connectivity index (χ0n) is 13.6. The Bertz CT molecular complexity index is 857. The van der Waals surface area contributed by atoms with Crippen LogP contribution in [0.15, 0.2) is 33.3 Å². The van der Waals surface area contributed by atoms with Crippen molar-refractivity contribution in [1.29, 1.82) is 0 Å². The van der Waals surface area contributed by atoms with Gasteiger partial charge in [0.25, 0.3) is 17.6 Å². The fourth-order valence-corrected chi connectivity index (χ4v) is 2.93. The molecule has 0 bridgehead atoms. The molecule has 1 saturated carbocycles. The first-order valence-electron chi connectivity index (χ1n) is 7.79. The number of benzene rings is 1. The van der Waals surface area contributed by atoms with Crippen molar-refractivity contribution in [3.8, 4) is 28.9 Å². The third-order valence-electron chi connectivity index (χ3n) is 4.30. The molecule has 4 rings (SSSR count). The molecule has 0 saturated heterocycles. The first kappa shape index (κ1) is 17.4. The predicted molar refractivity (Wildman–Crippen MR) is 91.2 cm³/mol. The molecule has 1 aliphatic rings. The summed E-state index contributed by atoms with van der Waals surface area (Å²) in [5, 5.41) is 7.92. The number of nitrogens with two attached hydrogens (primary N) is 1. The molecule has 0 spiro atoms. The molecule has 0 amide bonds. The van der Waals surface area contributed by atoms with Crippen LogP contribution in [0, 0.1) is 0 Å². The molecule has 3 aromatic rings. The zero-order chi connectivity index (χ0) is 16.6. The van der Waals surface area contributed by atoms with Crippen LogP contribution in [-0.4, -0.2) is 27.4 Å². The molecular formula is C16H18ClN5O3. The van der Waals surface area contributed by atoms with Crippen molar-refractivity contribution < 1.29 is 13.8 Å². The zero-order valence-corrected chi connectivity index (χ0v) is 14.5. The molecule has 0 atom stereocenters. The van der Waals surface area contributed by atoms with Gasteiger partial charge < -0.3 is 19.5 Å². The van der Waals surface area contributed by atoms with Crippen LogP contribution in [-0.2, 0) is 5.54 Å². The summed E-state index contributed by atoms with van der Waals surface area (Å²) in [5.74, 6) is 2.01. The highest BCUT2D eigenvalue weighted by atomic mass is 35.5. The van der Waals surface area contributed by atoms with Gasteiger partial charge in [0.15, 0.2) is 5.82 Å². The topological polar surface area (TPSA) is 113 Å². The van der Waals surface area contributed by atoms with Crippen LogP contribution in [0.25, 0.3) is 23.2 Å². The quantitative estimate of drug-likeness (QED) is 0.752. The molecule has 8 nitrogen and oxygen atoms in total. The average Bonchev–Trinajstić information content (AvgIpc) is 3.34. The SMILES string of the molecule is COc1cccc(-c2nc(-c3nc(C4(N)CCCC4)no3)no2)c1.Cl. The van der Waals surface area contributed by atoms with Crippen molar-refractivity contribution in [2.24, 2.45) is 5.73 Å². The van der Waals surface area contributed by atoms with Crippen molar-refractivity contribution in [3.05, 3.63) is 30.1 Å². The van der Waals surface area contributed by atoms with Crippen LogP contribution in [0.4, 0.5) is 0 Å². The highest BCUT2D eigenvalue weighted by molar-refractivity contribution is 5.85. The van der Waals surface area contributed by atoms with E-state index in [9.17, 15) is 0 Å². The van der Waals surface area contributed by atoms with Gasteiger partial charge in [-0.15, -0.1) is 12.4 Å². The van der Waals surface area contributed by atoms with Crippen molar-refractivity contribution in [3.63, 3.8) is 0 Å². The first-order chi connectivity index (χ1) is 11.7. The Kier molecular flexibility index (Phi) is 4.73. The van der Waals surface area contributed by atoms with E-state index in [1.807, 2.05) is 24.3 Å². The van der Waals surface area contributed by atoms with Gasteiger partial charge in [0.05, 0.1) is 12.6 Å². The average molecular weight is 364 g/mol. The smallest absolute Gasteiger partial charge is 0.299 e. The van der Waals surface area contributed by atoms with E-state index in [2.05, 4.69) is 20.3 Å². The second-order valence-electron chi connectivity index (χ2n) is 5.94. The van der Waals surface area contributed by atoms with E-state index in [4.69, 9.17) is 19.5 Å². The van der Waals surface area contributed by atoms with Gasteiger partial charge in [-0.3, -0.25) is 0 Å². The molecule has 1 aliphatic carbocycles. The number of hydrogen-bond acceptors (Lipinski definition) is 8. The molecule has 2 heterocycles. The summed E-state index contributed by atoms with van der Waals surface area (Å²) in [4.78, 5) is 8.68. The van der Waals surface area contributed by atoms with Crippen LogP contribution in [0.5, 0.6) is 5.75 Å². The van der Waals surface area contributed by atoms with Crippen molar-refractivity contribution in [2.45, 2.75) is 31.2 Å². The predicted octanol–water partition coefficient (Wildman–Crippen LogP) is 2.95. The molecule has 0 aliphatic heterocycles. The van der Waals surface area contributed by atoms with Crippen molar-refractivity contribution >= 4 is 12.4 Å². The lowest BCUT2D eigenvalue weighted by Gasteiger charge is -2.17. The third-order valence-corrected chi connectivity index (χ3v) is 4.30. The number of nitrogens with zero attached hydrogens (tertiary/aromatic N) is 4. The van der Waals surface area contributed by atoms with Gasteiger partial charge in [-0.1, -0.05) is 29.2 Å². The van der Waals surface area contributed by atoms with Gasteiger partial charge in [0.1, 0.15) is 5.75 Å². The Morgan fingerprint density at radius 1 is 1.08 bits per heavy atom. The molecule has 25 heavy (non-hydrogen) atoms. The Balaban J connectivity index is 0.00000182. The van der Waals surface area contributed by atoms with Gasteiger partial charge >= 0.3 is 0 Å². The van der Waals surface area contributed by atoms with Gasteiger partial charge in [0, 0.05) is 5.56 Å². The molecule has 0 radical (unpaired) electrons. The van der Waals surface area contributed by atoms with E-state index in [0.717, 1.165) is 31.2 Å². The molecular weight excluding hydrogens is 346 g/mol. The summed E-state index contributed by atoms with van der Waals surface area (Å²) < 4.78 is 15.8. The van der Waals surface area contributed by atoms with Gasteiger partial charge in [-0.25, -0.2) is 0 Å². The van der Waals surface area contributed by atoms with Gasteiger partial charge in [-0.2, -0.15) is 9.97 Å². The fourth-order valence-electron chi connectivity index (χ4n) is 2.93. The van der Waals surface area contributed by atoms with Crippen LogP contribution >= 0.6 is 12.4 Å². The van der Waals surface area contributed by atoms with Gasteiger partial charge in [-0.05, 0) is 31.0 Å². The largest absolute Gasteiger partial charge is 0.497 e. The minimum Gasteiger partial charge on any atom is -0.497 e. The van der Waals surface area contributed by atoms with E-state index in [1.165, 1.54) is 0 Å². The van der Waals surface area contributed by atoms with Crippen molar-refractivity contribution in [1.82, 2.24) is 20.3 Å². The second-order valence-corrected chi connectivity index (χ2v) is 5.94. The monoisotopic (exact) mass is 363 g/mol. The fraction of sp³-hybridized carbons (Fsp3) is 0.375. The number of rotatable bonds is 4. The molecule has 1 fully saturated rings. The van der Waals surface area contributed by atoms with E-state index in [1.54, 1.807) is 7.11 Å². The summed E-state index contributed by atoms with van der Waals surface area (Å²) in [6, 6.07) is 7.35. The Morgan fingerprint density at radius 3 is 2.60 bits per heavy atom. The Hall–Kier alpha value is -2.45. The normalized spacial score (nSPS) is 15.8. The van der Waals surface area contributed by atoms with E-state index in [-0.39, 0.29) is 24.1 Å². The highest BCUT2D eigenvalue weighted by Crippen LogP contribution is 2.35. The Labute approximate surface area is 150 Å². The van der Waals surface area contributed by atoms with Crippen LogP contribution in [0.1, 0.15) is 31.5 Å². The second kappa shape index (κ2) is 6.81. The molecule has 9 heteroatoms. The van der Waals surface area contributed by atoms with Crippen LogP contribution < -0.4 is 10.5 Å². The van der Waals surface area contributed by atoms with Gasteiger partial charge in [0.2, 0.25) is 0 Å². The minimum atomic E-state index is -0.513. The lowest BCUT2D eigenvalue weighted by Crippen LogP contribution is -2.34. The summed E-state index contributed by atoms with van der Waals surface area (Å²) in [7, 11) is 1.60. The molecule has 2 aromatic heterocycles. The molecule has 1 aromatic carbocycles.